The fourth-order valence-corrected chi connectivity index (χ4v) is 4.96. The van der Waals surface area contributed by atoms with Crippen molar-refractivity contribution in [3.8, 4) is 28.9 Å². The molecular weight excluding hydrogens is 494 g/mol. The summed E-state index contributed by atoms with van der Waals surface area (Å²) in [6.45, 7) is 8.24. The van der Waals surface area contributed by atoms with Gasteiger partial charge in [-0.1, -0.05) is 26.0 Å². The van der Waals surface area contributed by atoms with Crippen LogP contribution in [0.25, 0.3) is 22.6 Å². The summed E-state index contributed by atoms with van der Waals surface area (Å²) < 4.78 is 28.9. The van der Waals surface area contributed by atoms with Gasteiger partial charge in [0.2, 0.25) is 12.7 Å². The first kappa shape index (κ1) is 25.4. The summed E-state index contributed by atoms with van der Waals surface area (Å²) >= 11 is 0. The smallest absolute Gasteiger partial charge is 0.283 e. The van der Waals surface area contributed by atoms with Gasteiger partial charge in [-0.15, -0.1) is 22.6 Å². The van der Waals surface area contributed by atoms with E-state index < -0.39 is 0 Å². The van der Waals surface area contributed by atoms with E-state index >= 15 is 0 Å². The Hall–Kier alpha value is -3.23. The molecule has 2 aromatic heterocycles. The van der Waals surface area contributed by atoms with E-state index in [0.29, 0.717) is 36.9 Å². The maximum absolute atomic E-state index is 6.16. The Labute approximate surface area is 222 Å². The van der Waals surface area contributed by atoms with Crippen molar-refractivity contribution in [3.63, 3.8) is 0 Å². The van der Waals surface area contributed by atoms with Gasteiger partial charge in [0.25, 0.3) is 5.89 Å². The number of halogens is 1. The molecular formula is C28H32ClN3O5. The molecule has 37 heavy (non-hydrogen) atoms. The third-order valence-electron chi connectivity index (χ3n) is 7.00. The monoisotopic (exact) mass is 525 g/mol. The van der Waals surface area contributed by atoms with Crippen molar-refractivity contribution in [2.45, 2.75) is 44.9 Å². The van der Waals surface area contributed by atoms with Crippen LogP contribution in [0.1, 0.15) is 56.4 Å². The van der Waals surface area contributed by atoms with Gasteiger partial charge in [0.05, 0.1) is 12.0 Å². The first-order valence-corrected chi connectivity index (χ1v) is 12.7. The molecule has 8 nitrogen and oxygen atoms in total. The molecule has 4 heterocycles. The van der Waals surface area contributed by atoms with Crippen molar-refractivity contribution >= 4 is 23.4 Å². The van der Waals surface area contributed by atoms with Crippen LogP contribution in [0, 0.1) is 0 Å². The van der Waals surface area contributed by atoms with E-state index in [4.69, 9.17) is 23.0 Å². The third-order valence-corrected chi connectivity index (χ3v) is 7.00. The highest BCUT2D eigenvalue weighted by atomic mass is 35.5. The second kappa shape index (κ2) is 11.0. The highest BCUT2D eigenvalue weighted by Gasteiger charge is 2.23. The van der Waals surface area contributed by atoms with Gasteiger partial charge in [0.15, 0.2) is 17.3 Å². The van der Waals surface area contributed by atoms with E-state index in [2.05, 4.69) is 27.2 Å². The number of aromatic nitrogens is 2. The average molecular weight is 526 g/mol. The molecule has 0 saturated carbocycles. The van der Waals surface area contributed by atoms with Gasteiger partial charge in [-0.25, -0.2) is 0 Å². The Morgan fingerprint density at radius 3 is 2.65 bits per heavy atom. The molecule has 196 valence electrons. The fourth-order valence-electron chi connectivity index (χ4n) is 4.96. The number of likely N-dealkylation sites (tertiary alicyclic amines) is 1. The zero-order valence-electron chi connectivity index (χ0n) is 21.1. The normalized spacial score (nSPS) is 15.9. The molecule has 0 N–H and O–H groups in total. The zero-order chi connectivity index (χ0) is 24.5. The molecule has 1 fully saturated rings. The van der Waals surface area contributed by atoms with E-state index in [1.54, 1.807) is 0 Å². The molecule has 4 aromatic rings. The molecule has 1 saturated heterocycles. The summed E-state index contributed by atoms with van der Waals surface area (Å²) in [4.78, 5) is 2.53. The van der Waals surface area contributed by atoms with Crippen LogP contribution in [0.3, 0.4) is 0 Å². The van der Waals surface area contributed by atoms with Gasteiger partial charge in [0, 0.05) is 18.5 Å². The molecule has 0 spiro atoms. The predicted molar refractivity (Wildman–Crippen MR) is 142 cm³/mol. The Kier molecular flexibility index (Phi) is 7.58. The number of hydrogen-bond donors (Lipinski definition) is 0. The van der Waals surface area contributed by atoms with Crippen LogP contribution in [0.5, 0.6) is 17.2 Å². The first-order valence-electron chi connectivity index (χ1n) is 12.7. The van der Waals surface area contributed by atoms with Crippen LogP contribution in [0.15, 0.2) is 51.3 Å². The summed E-state index contributed by atoms with van der Waals surface area (Å²) in [5.41, 5.74) is 2.10. The van der Waals surface area contributed by atoms with Crippen LogP contribution < -0.4 is 14.2 Å². The van der Waals surface area contributed by atoms with Crippen molar-refractivity contribution in [2.24, 2.45) is 0 Å². The maximum atomic E-state index is 6.16. The van der Waals surface area contributed by atoms with Crippen LogP contribution in [0.4, 0.5) is 0 Å². The first-order chi connectivity index (χ1) is 17.6. The van der Waals surface area contributed by atoms with Crippen molar-refractivity contribution in [1.82, 2.24) is 15.1 Å². The molecule has 0 unspecified atom stereocenters. The molecule has 0 aliphatic carbocycles. The average Bonchev–Trinajstić information content (AvgIpc) is 3.65. The zero-order valence-corrected chi connectivity index (χ0v) is 22.0. The van der Waals surface area contributed by atoms with E-state index in [1.807, 2.05) is 44.2 Å². The molecule has 0 radical (unpaired) electrons. The number of piperidine rings is 1. The highest BCUT2D eigenvalue weighted by Crippen LogP contribution is 2.37. The molecule has 2 aliphatic rings. The molecule has 0 amide bonds. The lowest BCUT2D eigenvalue weighted by Gasteiger charge is -2.32. The van der Waals surface area contributed by atoms with Crippen LogP contribution >= 0.6 is 12.4 Å². The van der Waals surface area contributed by atoms with Gasteiger partial charge in [-0.2, -0.15) is 0 Å². The van der Waals surface area contributed by atoms with Crippen molar-refractivity contribution in [1.29, 1.82) is 0 Å². The van der Waals surface area contributed by atoms with Crippen molar-refractivity contribution < 1.29 is 23.0 Å². The van der Waals surface area contributed by atoms with E-state index in [9.17, 15) is 0 Å². The number of fused-ring (bicyclic) bond motifs is 2. The lowest BCUT2D eigenvalue weighted by molar-refractivity contribution is 0.173. The topological polar surface area (TPSA) is 83.0 Å². The number of ether oxygens (including phenoxy) is 3. The second-order valence-corrected chi connectivity index (χ2v) is 9.81. The quantitative estimate of drug-likeness (QED) is 0.244. The number of furan rings is 1. The number of hydrogen-bond acceptors (Lipinski definition) is 8. The minimum atomic E-state index is 0. The molecule has 0 bridgehead atoms. The second-order valence-electron chi connectivity index (χ2n) is 9.81. The summed E-state index contributed by atoms with van der Waals surface area (Å²) in [7, 11) is 0. The van der Waals surface area contributed by atoms with Crippen LogP contribution in [0.2, 0.25) is 0 Å². The SMILES string of the molecule is CC(C)c1nnc(-c2cc3c(OCCCN4CCC(c5ccc6c(c5)OCO6)CC4)cccc3o2)o1.Cl. The molecule has 0 atom stereocenters. The standard InChI is InChI=1S/C28H31N3O5.ClH/c1-18(2)27-29-30-28(36-27)26-16-21-22(5-3-6-23(21)35-26)32-14-4-11-31-12-9-19(10-13-31)20-7-8-24-25(15-20)34-17-33-24;/h3,5-8,15-16,18-19H,4,9-14,17H2,1-2H3;1H. The third kappa shape index (κ3) is 5.40. The lowest BCUT2D eigenvalue weighted by atomic mass is 9.89. The van der Waals surface area contributed by atoms with Crippen molar-refractivity contribution in [2.75, 3.05) is 33.0 Å². The van der Waals surface area contributed by atoms with Crippen molar-refractivity contribution in [3.05, 3.63) is 53.9 Å². The Balaban J connectivity index is 0.00000280. The van der Waals surface area contributed by atoms with Gasteiger partial charge in [-0.05, 0) is 68.1 Å². The molecule has 6 rings (SSSR count). The Morgan fingerprint density at radius 2 is 1.84 bits per heavy atom. The molecule has 2 aromatic carbocycles. The van der Waals surface area contributed by atoms with Gasteiger partial charge in [-0.3, -0.25) is 0 Å². The number of rotatable bonds is 8. The Bertz CT molecular complexity index is 1340. The summed E-state index contributed by atoms with van der Waals surface area (Å²) in [6, 6.07) is 14.1. The molecule has 2 aliphatic heterocycles. The summed E-state index contributed by atoms with van der Waals surface area (Å²) in [5, 5.41) is 9.15. The minimum absolute atomic E-state index is 0. The summed E-state index contributed by atoms with van der Waals surface area (Å²) in [6.07, 6.45) is 3.29. The maximum Gasteiger partial charge on any atom is 0.283 e. The lowest BCUT2D eigenvalue weighted by Crippen LogP contribution is -2.34. The van der Waals surface area contributed by atoms with Gasteiger partial charge in [0.1, 0.15) is 11.3 Å². The van der Waals surface area contributed by atoms with Gasteiger partial charge >= 0.3 is 0 Å². The van der Waals surface area contributed by atoms with E-state index in [0.717, 1.165) is 67.1 Å². The van der Waals surface area contributed by atoms with Crippen LogP contribution in [-0.4, -0.2) is 48.1 Å². The molecule has 9 heteroatoms. The number of nitrogens with zero attached hydrogens (tertiary/aromatic N) is 3. The largest absolute Gasteiger partial charge is 0.493 e. The van der Waals surface area contributed by atoms with E-state index in [-0.39, 0.29) is 18.3 Å². The number of benzene rings is 2. The van der Waals surface area contributed by atoms with Crippen LogP contribution in [-0.2, 0) is 0 Å². The van der Waals surface area contributed by atoms with E-state index in [1.165, 1.54) is 5.56 Å². The van der Waals surface area contributed by atoms with Gasteiger partial charge < -0.3 is 27.9 Å². The minimum Gasteiger partial charge on any atom is -0.493 e. The Morgan fingerprint density at radius 1 is 1.00 bits per heavy atom. The summed E-state index contributed by atoms with van der Waals surface area (Å²) in [5.74, 6) is 4.85. The fraction of sp³-hybridized carbons (Fsp3) is 0.429. The highest BCUT2D eigenvalue weighted by molar-refractivity contribution is 5.87. The predicted octanol–water partition coefficient (Wildman–Crippen LogP) is 6.41.